The number of carbonyl (C=O) groups excluding carboxylic acids is 3. The Hall–Kier alpha value is -2.34. The van der Waals surface area contributed by atoms with Gasteiger partial charge in [0.05, 0.1) is 38.0 Å². The van der Waals surface area contributed by atoms with E-state index in [2.05, 4.69) is 0 Å². The summed E-state index contributed by atoms with van der Waals surface area (Å²) in [6, 6.07) is 2.72. The fraction of sp³-hybridized carbons (Fsp3) is 0.267. The molecule has 22 heavy (non-hydrogen) atoms. The Morgan fingerprint density at radius 3 is 2.18 bits per heavy atom. The second kappa shape index (κ2) is 6.62. The van der Waals surface area contributed by atoms with Crippen molar-refractivity contribution in [2.24, 2.45) is 0 Å². The molecule has 0 aliphatic carbocycles. The molecule has 0 aromatic heterocycles. The van der Waals surface area contributed by atoms with Crippen molar-refractivity contribution in [1.82, 2.24) is 0 Å². The van der Waals surface area contributed by atoms with Crippen LogP contribution >= 0.6 is 11.6 Å². The van der Waals surface area contributed by atoms with Crippen molar-refractivity contribution in [2.45, 2.75) is 12.5 Å². The quantitative estimate of drug-likeness (QED) is 0.795. The van der Waals surface area contributed by atoms with E-state index in [1.807, 2.05) is 0 Å². The summed E-state index contributed by atoms with van der Waals surface area (Å²) in [6.07, 6.45) is 1.71. The predicted octanol–water partition coefficient (Wildman–Crippen LogP) is 2.46. The number of ether oxygens (including phenoxy) is 3. The first-order chi connectivity index (χ1) is 10.5. The Balaban J connectivity index is 2.65. The smallest absolute Gasteiger partial charge is 0.338 e. The van der Waals surface area contributed by atoms with Crippen LogP contribution in [0.4, 0.5) is 0 Å². The summed E-state index contributed by atoms with van der Waals surface area (Å²) < 4.78 is 14.8. The van der Waals surface area contributed by atoms with Gasteiger partial charge in [-0.2, -0.15) is 0 Å². The van der Waals surface area contributed by atoms with E-state index < -0.39 is 18.0 Å². The van der Waals surface area contributed by atoms with Crippen molar-refractivity contribution in [1.29, 1.82) is 0 Å². The zero-order chi connectivity index (χ0) is 16.3. The summed E-state index contributed by atoms with van der Waals surface area (Å²) in [7, 11) is 2.41. The van der Waals surface area contributed by atoms with Crippen molar-refractivity contribution < 1.29 is 28.6 Å². The number of carbonyl (C=O) groups is 3. The maximum atomic E-state index is 12.0. The van der Waals surface area contributed by atoms with E-state index in [1.54, 1.807) is 0 Å². The molecule has 0 saturated heterocycles. The SMILES string of the molecule is COC(=O)c1cc(Cl)cc(C(=O)OC)c1C1CC(=O)C=CO1. The van der Waals surface area contributed by atoms with Crippen LogP contribution in [0.1, 0.15) is 38.8 Å². The first-order valence-electron chi connectivity index (χ1n) is 6.32. The first kappa shape index (κ1) is 16.0. The summed E-state index contributed by atoms with van der Waals surface area (Å²) in [5.74, 6) is -1.56. The molecule has 0 bridgehead atoms. The Labute approximate surface area is 131 Å². The molecule has 0 saturated carbocycles. The van der Waals surface area contributed by atoms with E-state index in [-0.39, 0.29) is 33.9 Å². The summed E-state index contributed by atoms with van der Waals surface area (Å²) in [6.45, 7) is 0. The summed E-state index contributed by atoms with van der Waals surface area (Å²) in [5.41, 5.74) is 0.341. The number of methoxy groups -OCH3 is 2. The molecule has 7 heteroatoms. The largest absolute Gasteiger partial charge is 0.493 e. The van der Waals surface area contributed by atoms with Crippen molar-refractivity contribution in [2.75, 3.05) is 14.2 Å². The van der Waals surface area contributed by atoms with Gasteiger partial charge in [-0.25, -0.2) is 9.59 Å². The average molecular weight is 325 g/mol. The summed E-state index contributed by atoms with van der Waals surface area (Å²) in [5, 5.41) is 0.169. The molecule has 1 aromatic carbocycles. The fourth-order valence-electron chi connectivity index (χ4n) is 2.20. The molecule has 0 N–H and O–H groups in total. The minimum atomic E-state index is -0.794. The van der Waals surface area contributed by atoms with E-state index >= 15 is 0 Å². The second-order valence-corrected chi connectivity index (χ2v) is 4.93. The topological polar surface area (TPSA) is 78.9 Å². The van der Waals surface area contributed by atoms with Crippen LogP contribution in [-0.4, -0.2) is 31.9 Å². The highest BCUT2D eigenvalue weighted by atomic mass is 35.5. The molecule has 1 atom stereocenters. The highest BCUT2D eigenvalue weighted by Crippen LogP contribution is 2.34. The zero-order valence-electron chi connectivity index (χ0n) is 11.9. The van der Waals surface area contributed by atoms with Crippen LogP contribution in [0.25, 0.3) is 0 Å². The normalized spacial score (nSPS) is 16.9. The van der Waals surface area contributed by atoms with E-state index in [9.17, 15) is 14.4 Å². The Morgan fingerprint density at radius 1 is 1.18 bits per heavy atom. The number of allylic oxidation sites excluding steroid dienone is 1. The van der Waals surface area contributed by atoms with Gasteiger partial charge in [0.1, 0.15) is 6.10 Å². The maximum Gasteiger partial charge on any atom is 0.338 e. The van der Waals surface area contributed by atoms with E-state index in [1.165, 1.54) is 38.7 Å². The van der Waals surface area contributed by atoms with Crippen LogP contribution in [0.3, 0.4) is 0 Å². The van der Waals surface area contributed by atoms with Gasteiger partial charge in [-0.15, -0.1) is 0 Å². The van der Waals surface area contributed by atoms with E-state index in [0.717, 1.165) is 0 Å². The Kier molecular flexibility index (Phi) is 4.82. The van der Waals surface area contributed by atoms with Crippen molar-refractivity contribution in [3.63, 3.8) is 0 Å². The van der Waals surface area contributed by atoms with Crippen molar-refractivity contribution in [3.05, 3.63) is 46.2 Å². The van der Waals surface area contributed by atoms with Crippen molar-refractivity contribution in [3.8, 4) is 0 Å². The van der Waals surface area contributed by atoms with E-state index in [0.29, 0.717) is 0 Å². The number of benzene rings is 1. The lowest BCUT2D eigenvalue weighted by Gasteiger charge is -2.23. The molecule has 0 fully saturated rings. The lowest BCUT2D eigenvalue weighted by Crippen LogP contribution is -2.20. The Morgan fingerprint density at radius 2 is 1.73 bits per heavy atom. The minimum absolute atomic E-state index is 0.00782. The third kappa shape index (κ3) is 3.12. The average Bonchev–Trinajstić information content (AvgIpc) is 2.52. The molecule has 0 radical (unpaired) electrons. The molecule has 1 aromatic rings. The lowest BCUT2D eigenvalue weighted by atomic mass is 9.92. The summed E-state index contributed by atoms with van der Waals surface area (Å²) in [4.78, 5) is 35.6. The van der Waals surface area contributed by atoms with Gasteiger partial charge in [0.25, 0.3) is 0 Å². The van der Waals surface area contributed by atoms with Gasteiger partial charge in [-0.1, -0.05) is 11.6 Å². The van der Waals surface area contributed by atoms with E-state index in [4.69, 9.17) is 25.8 Å². The third-order valence-electron chi connectivity index (χ3n) is 3.16. The maximum absolute atomic E-state index is 12.0. The zero-order valence-corrected chi connectivity index (χ0v) is 12.7. The molecule has 0 spiro atoms. The molecular formula is C15H13ClO6. The molecule has 0 amide bonds. The fourth-order valence-corrected chi connectivity index (χ4v) is 2.42. The minimum Gasteiger partial charge on any atom is -0.493 e. The van der Waals surface area contributed by atoms with Gasteiger partial charge in [0, 0.05) is 16.7 Å². The van der Waals surface area contributed by atoms with Gasteiger partial charge in [-0.3, -0.25) is 4.79 Å². The highest BCUT2D eigenvalue weighted by molar-refractivity contribution is 6.31. The predicted molar refractivity (Wildman–Crippen MR) is 76.7 cm³/mol. The molecule has 116 valence electrons. The molecule has 2 rings (SSSR count). The molecule has 6 nitrogen and oxygen atoms in total. The molecule has 1 heterocycles. The third-order valence-corrected chi connectivity index (χ3v) is 3.38. The first-order valence-corrected chi connectivity index (χ1v) is 6.70. The highest BCUT2D eigenvalue weighted by Gasteiger charge is 2.30. The van der Waals surface area contributed by atoms with Gasteiger partial charge in [0.2, 0.25) is 0 Å². The van der Waals surface area contributed by atoms with Crippen LogP contribution in [0, 0.1) is 0 Å². The van der Waals surface area contributed by atoms with Crippen LogP contribution < -0.4 is 0 Å². The number of rotatable bonds is 3. The number of hydrogen-bond acceptors (Lipinski definition) is 6. The summed E-state index contributed by atoms with van der Waals surface area (Å²) >= 11 is 5.95. The number of ketones is 1. The van der Waals surface area contributed by atoms with Gasteiger partial charge in [-0.05, 0) is 12.1 Å². The standard InChI is InChI=1S/C15H13ClO6/c1-20-14(18)10-5-8(16)6-11(15(19)21-2)13(10)12-7-9(17)3-4-22-12/h3-6,12H,7H2,1-2H3. The Bertz CT molecular complexity index is 627. The van der Waals surface area contributed by atoms with Gasteiger partial charge >= 0.3 is 11.9 Å². The molecule has 1 aliphatic rings. The lowest BCUT2D eigenvalue weighted by molar-refractivity contribution is -0.118. The molecule has 1 unspecified atom stereocenters. The number of halogens is 1. The van der Waals surface area contributed by atoms with Crippen LogP contribution in [0.5, 0.6) is 0 Å². The monoisotopic (exact) mass is 324 g/mol. The van der Waals surface area contributed by atoms with Crippen molar-refractivity contribution >= 4 is 29.3 Å². The number of hydrogen-bond donors (Lipinski definition) is 0. The number of esters is 2. The van der Waals surface area contributed by atoms with Crippen LogP contribution in [-0.2, 0) is 19.0 Å². The molecule has 1 aliphatic heterocycles. The van der Waals surface area contributed by atoms with Gasteiger partial charge < -0.3 is 14.2 Å². The molecular weight excluding hydrogens is 312 g/mol. The van der Waals surface area contributed by atoms with Gasteiger partial charge in [0.15, 0.2) is 5.78 Å². The van der Waals surface area contributed by atoms with Crippen LogP contribution in [0.2, 0.25) is 5.02 Å². The second-order valence-electron chi connectivity index (χ2n) is 4.50. The van der Waals surface area contributed by atoms with Crippen LogP contribution in [0.15, 0.2) is 24.5 Å².